The van der Waals surface area contributed by atoms with E-state index in [-0.39, 0.29) is 11.3 Å². The second-order valence-electron chi connectivity index (χ2n) is 2.85. The lowest BCUT2D eigenvalue weighted by molar-refractivity contribution is 0.143. The summed E-state index contributed by atoms with van der Waals surface area (Å²) >= 11 is 0. The summed E-state index contributed by atoms with van der Waals surface area (Å²) < 4.78 is 38.7. The molecule has 0 N–H and O–H groups in total. The van der Waals surface area contributed by atoms with Crippen LogP contribution >= 0.6 is 0 Å². The molecule has 0 unspecified atom stereocenters. The number of aromatic nitrogens is 3. The summed E-state index contributed by atoms with van der Waals surface area (Å²) in [5.74, 6) is -0.699. The molecule has 0 aliphatic heterocycles. The van der Waals surface area contributed by atoms with E-state index in [0.717, 1.165) is 10.7 Å². The summed E-state index contributed by atoms with van der Waals surface area (Å²) in [5, 5.41) is 3.48. The normalized spacial score (nSPS) is 11.5. The Morgan fingerprint density at radius 2 is 2.14 bits per heavy atom. The fourth-order valence-corrected chi connectivity index (χ4v) is 1.24. The highest BCUT2D eigenvalue weighted by Crippen LogP contribution is 2.20. The van der Waals surface area contributed by atoms with Crippen molar-refractivity contribution in [1.82, 2.24) is 14.6 Å². The lowest BCUT2D eigenvalue weighted by atomic mass is 10.3. The van der Waals surface area contributed by atoms with Gasteiger partial charge in [0.05, 0.1) is 6.20 Å². The summed E-state index contributed by atoms with van der Waals surface area (Å²) in [5.41, 5.74) is -0.177. The fourth-order valence-electron chi connectivity index (χ4n) is 1.24. The summed E-state index contributed by atoms with van der Waals surface area (Å²) in [7, 11) is 0. The van der Waals surface area contributed by atoms with Crippen LogP contribution in [0.2, 0.25) is 0 Å². The van der Waals surface area contributed by atoms with E-state index in [1.807, 2.05) is 0 Å². The second kappa shape index (κ2) is 2.97. The van der Waals surface area contributed by atoms with E-state index < -0.39 is 12.2 Å². The second-order valence-corrected chi connectivity index (χ2v) is 2.85. The fraction of sp³-hybridized carbons (Fsp3) is 0.250. The minimum atomic E-state index is -2.70. The van der Waals surface area contributed by atoms with Gasteiger partial charge in [-0.05, 0) is 13.0 Å². The first-order chi connectivity index (χ1) is 6.59. The number of hydrogen-bond donors (Lipinski definition) is 0. The minimum absolute atomic E-state index is 0.166. The summed E-state index contributed by atoms with van der Waals surface area (Å²) in [6.07, 6.45) is -1.83. The zero-order valence-corrected chi connectivity index (χ0v) is 7.21. The monoisotopic (exact) mass is 201 g/mol. The van der Waals surface area contributed by atoms with Gasteiger partial charge < -0.3 is 0 Å². The van der Waals surface area contributed by atoms with Crippen molar-refractivity contribution in [2.45, 2.75) is 13.3 Å². The van der Waals surface area contributed by atoms with E-state index in [1.165, 1.54) is 13.0 Å². The Labute approximate surface area is 77.2 Å². The lowest BCUT2D eigenvalue weighted by Crippen LogP contribution is -2.02. The lowest BCUT2D eigenvalue weighted by Gasteiger charge is -2.03. The van der Waals surface area contributed by atoms with Crippen LogP contribution in [-0.2, 0) is 0 Å². The molecule has 6 heteroatoms. The van der Waals surface area contributed by atoms with Crippen molar-refractivity contribution in [3.8, 4) is 0 Å². The summed E-state index contributed by atoms with van der Waals surface area (Å²) in [6.45, 7) is 1.53. The first-order valence-corrected chi connectivity index (χ1v) is 3.88. The summed E-state index contributed by atoms with van der Waals surface area (Å²) in [6, 6.07) is 1.18. The Hall–Kier alpha value is -1.59. The van der Waals surface area contributed by atoms with Gasteiger partial charge >= 0.3 is 0 Å². The van der Waals surface area contributed by atoms with Gasteiger partial charge in [-0.15, -0.1) is 0 Å². The Morgan fingerprint density at radius 1 is 1.43 bits per heavy atom. The number of nitrogens with zero attached hydrogens (tertiary/aromatic N) is 3. The molecule has 2 aromatic heterocycles. The van der Waals surface area contributed by atoms with Gasteiger partial charge in [0.25, 0.3) is 6.43 Å². The van der Waals surface area contributed by atoms with Gasteiger partial charge in [0, 0.05) is 5.69 Å². The van der Waals surface area contributed by atoms with Crippen molar-refractivity contribution in [3.63, 3.8) is 0 Å². The third-order valence-corrected chi connectivity index (χ3v) is 1.81. The standard InChI is InChI=1S/C8H6F3N3/c1-4-2-6(7(10)11)14-8(13-4)5(9)3-12-14/h2-3,7H,1H3. The predicted octanol–water partition coefficient (Wildman–Crippen LogP) is 2.11. The van der Waals surface area contributed by atoms with Gasteiger partial charge in [0.15, 0.2) is 11.5 Å². The highest BCUT2D eigenvalue weighted by Gasteiger charge is 2.16. The zero-order chi connectivity index (χ0) is 10.3. The van der Waals surface area contributed by atoms with Crippen molar-refractivity contribution < 1.29 is 13.2 Å². The SMILES string of the molecule is Cc1cc(C(F)F)n2ncc(F)c2n1. The molecule has 0 aliphatic rings. The number of aryl methyl sites for hydroxylation is 1. The Kier molecular flexibility index (Phi) is 1.90. The van der Waals surface area contributed by atoms with Gasteiger partial charge in [-0.3, -0.25) is 0 Å². The topological polar surface area (TPSA) is 30.2 Å². The number of hydrogen-bond acceptors (Lipinski definition) is 2. The molecule has 0 amide bonds. The van der Waals surface area contributed by atoms with Crippen LogP contribution in [0.25, 0.3) is 5.65 Å². The average molecular weight is 201 g/mol. The Balaban J connectivity index is 2.82. The molecule has 0 spiro atoms. The maximum atomic E-state index is 13.0. The molecule has 74 valence electrons. The van der Waals surface area contributed by atoms with E-state index in [0.29, 0.717) is 5.69 Å². The largest absolute Gasteiger partial charge is 0.280 e. The molecule has 2 rings (SSSR count). The first-order valence-electron chi connectivity index (χ1n) is 3.88. The van der Waals surface area contributed by atoms with E-state index in [4.69, 9.17) is 0 Å². The molecule has 2 heterocycles. The average Bonchev–Trinajstić information content (AvgIpc) is 2.47. The molecule has 0 aromatic carbocycles. The van der Waals surface area contributed by atoms with Gasteiger partial charge in [-0.1, -0.05) is 0 Å². The van der Waals surface area contributed by atoms with E-state index in [9.17, 15) is 13.2 Å². The van der Waals surface area contributed by atoms with Crippen LogP contribution in [0.3, 0.4) is 0 Å². The third-order valence-electron chi connectivity index (χ3n) is 1.81. The van der Waals surface area contributed by atoms with Crippen LogP contribution in [0, 0.1) is 12.7 Å². The summed E-state index contributed by atoms with van der Waals surface area (Å²) in [4.78, 5) is 3.77. The highest BCUT2D eigenvalue weighted by atomic mass is 19.3. The van der Waals surface area contributed by atoms with E-state index >= 15 is 0 Å². The van der Waals surface area contributed by atoms with Crippen LogP contribution in [0.1, 0.15) is 17.8 Å². The minimum Gasteiger partial charge on any atom is -0.231 e. The molecule has 0 radical (unpaired) electrons. The van der Waals surface area contributed by atoms with E-state index in [1.54, 1.807) is 0 Å². The number of fused-ring (bicyclic) bond motifs is 1. The molecule has 3 nitrogen and oxygen atoms in total. The molecular formula is C8H6F3N3. The molecule has 0 saturated heterocycles. The highest BCUT2D eigenvalue weighted by molar-refractivity contribution is 5.40. The quantitative estimate of drug-likeness (QED) is 0.707. The zero-order valence-electron chi connectivity index (χ0n) is 7.21. The van der Waals surface area contributed by atoms with Crippen molar-refractivity contribution in [3.05, 3.63) is 29.5 Å². The van der Waals surface area contributed by atoms with Crippen molar-refractivity contribution >= 4 is 5.65 Å². The molecule has 0 bridgehead atoms. The molecular weight excluding hydrogens is 195 g/mol. The molecule has 2 aromatic rings. The molecule has 0 fully saturated rings. The smallest absolute Gasteiger partial charge is 0.231 e. The maximum Gasteiger partial charge on any atom is 0.280 e. The van der Waals surface area contributed by atoms with E-state index in [2.05, 4.69) is 10.1 Å². The van der Waals surface area contributed by atoms with Crippen LogP contribution < -0.4 is 0 Å². The van der Waals surface area contributed by atoms with Gasteiger partial charge in [0.2, 0.25) is 0 Å². The van der Waals surface area contributed by atoms with Gasteiger partial charge in [0.1, 0.15) is 5.69 Å². The van der Waals surface area contributed by atoms with Crippen molar-refractivity contribution in [2.24, 2.45) is 0 Å². The number of halogens is 3. The van der Waals surface area contributed by atoms with Crippen molar-refractivity contribution in [2.75, 3.05) is 0 Å². The predicted molar refractivity (Wildman–Crippen MR) is 42.6 cm³/mol. The number of rotatable bonds is 1. The van der Waals surface area contributed by atoms with Crippen LogP contribution in [0.15, 0.2) is 12.3 Å². The molecule has 14 heavy (non-hydrogen) atoms. The molecule has 0 saturated carbocycles. The van der Waals surface area contributed by atoms with Crippen LogP contribution in [0.5, 0.6) is 0 Å². The van der Waals surface area contributed by atoms with Gasteiger partial charge in [-0.25, -0.2) is 22.7 Å². The number of alkyl halides is 2. The van der Waals surface area contributed by atoms with Gasteiger partial charge in [-0.2, -0.15) is 5.10 Å². The van der Waals surface area contributed by atoms with Crippen LogP contribution in [-0.4, -0.2) is 14.6 Å². The Bertz CT molecular complexity index is 478. The van der Waals surface area contributed by atoms with Crippen molar-refractivity contribution in [1.29, 1.82) is 0 Å². The first kappa shape index (κ1) is 8.98. The maximum absolute atomic E-state index is 13.0. The van der Waals surface area contributed by atoms with Crippen LogP contribution in [0.4, 0.5) is 13.2 Å². The third kappa shape index (κ3) is 1.23. The molecule has 0 aliphatic carbocycles. The molecule has 0 atom stereocenters. The Morgan fingerprint density at radius 3 is 2.79 bits per heavy atom.